The molecule has 0 radical (unpaired) electrons. The van der Waals surface area contributed by atoms with Gasteiger partial charge in [-0.15, -0.1) is 0 Å². The fourth-order valence-corrected chi connectivity index (χ4v) is 2.92. The Labute approximate surface area is 90.9 Å². The van der Waals surface area contributed by atoms with Gasteiger partial charge in [0.1, 0.15) is 6.04 Å². The highest BCUT2D eigenvalue weighted by Crippen LogP contribution is 2.24. The van der Waals surface area contributed by atoms with Gasteiger partial charge in [0, 0.05) is 6.04 Å². The van der Waals surface area contributed by atoms with E-state index in [0.29, 0.717) is 0 Å². The Kier molecular flexibility index (Phi) is 3.26. The molecule has 0 aromatic heterocycles. The zero-order valence-electron chi connectivity index (χ0n) is 9.35. The molecular formula is C11H20N2O2. The molecule has 0 aromatic carbocycles. The fraction of sp³-hybridized carbons (Fsp3) is 0.909. The minimum atomic E-state index is -0.643. The number of rotatable bonds is 3. The average molecular weight is 212 g/mol. The molecule has 15 heavy (non-hydrogen) atoms. The Hall–Kier alpha value is -0.610. The molecule has 86 valence electrons. The quantitative estimate of drug-likeness (QED) is 0.745. The molecule has 0 spiro atoms. The van der Waals surface area contributed by atoms with Gasteiger partial charge in [-0.05, 0) is 52.4 Å². The first-order valence-electron chi connectivity index (χ1n) is 5.87. The fourth-order valence-electron chi connectivity index (χ4n) is 2.92. The van der Waals surface area contributed by atoms with Crippen LogP contribution in [0.5, 0.6) is 0 Å². The van der Waals surface area contributed by atoms with Gasteiger partial charge in [-0.1, -0.05) is 0 Å². The summed E-state index contributed by atoms with van der Waals surface area (Å²) in [5.74, 6) is -0.643. The van der Waals surface area contributed by atoms with E-state index in [1.165, 1.54) is 0 Å². The summed E-state index contributed by atoms with van der Waals surface area (Å²) in [6.45, 7) is 2.96. The Morgan fingerprint density at radius 3 is 2.40 bits per heavy atom. The van der Waals surface area contributed by atoms with E-state index in [1.807, 2.05) is 7.05 Å². The minimum absolute atomic E-state index is 0.223. The average Bonchev–Trinajstić information content (AvgIpc) is 2.79. The van der Waals surface area contributed by atoms with Crippen molar-refractivity contribution in [2.75, 3.05) is 26.7 Å². The van der Waals surface area contributed by atoms with Gasteiger partial charge in [0.2, 0.25) is 0 Å². The number of aliphatic carboxylic acids is 1. The number of likely N-dealkylation sites (tertiary alicyclic amines) is 2. The van der Waals surface area contributed by atoms with Gasteiger partial charge in [-0.2, -0.15) is 0 Å². The third kappa shape index (κ3) is 2.16. The molecule has 0 aliphatic carbocycles. The maximum Gasteiger partial charge on any atom is 0.322 e. The van der Waals surface area contributed by atoms with Crippen molar-refractivity contribution in [2.24, 2.45) is 0 Å². The summed E-state index contributed by atoms with van der Waals surface area (Å²) in [4.78, 5) is 15.7. The largest absolute Gasteiger partial charge is 0.480 e. The first-order chi connectivity index (χ1) is 7.20. The van der Waals surface area contributed by atoms with Crippen LogP contribution in [0, 0.1) is 0 Å². The monoisotopic (exact) mass is 212 g/mol. The molecule has 0 bridgehead atoms. The standard InChI is InChI=1S/C11H20N2O2/c1-12-6-4-5-9(12)10(11(14)15)13-7-2-3-8-13/h9-10H,2-8H2,1H3,(H,14,15). The zero-order valence-corrected chi connectivity index (χ0v) is 9.35. The van der Waals surface area contributed by atoms with Crippen LogP contribution in [0.2, 0.25) is 0 Å². The van der Waals surface area contributed by atoms with Gasteiger partial charge in [0.15, 0.2) is 0 Å². The van der Waals surface area contributed by atoms with Crippen LogP contribution >= 0.6 is 0 Å². The van der Waals surface area contributed by atoms with E-state index in [2.05, 4.69) is 9.80 Å². The molecule has 2 saturated heterocycles. The number of carboxylic acid groups (broad SMARTS) is 1. The van der Waals surface area contributed by atoms with Crippen molar-refractivity contribution in [3.63, 3.8) is 0 Å². The molecule has 4 nitrogen and oxygen atoms in total. The van der Waals surface area contributed by atoms with Crippen LogP contribution in [0.3, 0.4) is 0 Å². The van der Waals surface area contributed by atoms with Crippen LogP contribution in [0.1, 0.15) is 25.7 Å². The van der Waals surface area contributed by atoms with Gasteiger partial charge in [-0.25, -0.2) is 0 Å². The number of likely N-dealkylation sites (N-methyl/N-ethyl adjacent to an activating group) is 1. The van der Waals surface area contributed by atoms with Crippen LogP contribution in [0.25, 0.3) is 0 Å². The first kappa shape index (κ1) is 10.9. The maximum atomic E-state index is 11.4. The topological polar surface area (TPSA) is 43.8 Å². The summed E-state index contributed by atoms with van der Waals surface area (Å²) in [6.07, 6.45) is 4.48. The predicted octanol–water partition coefficient (Wildman–Crippen LogP) is 0.630. The van der Waals surface area contributed by atoms with E-state index < -0.39 is 5.97 Å². The lowest BCUT2D eigenvalue weighted by Gasteiger charge is -2.32. The number of nitrogens with zero attached hydrogens (tertiary/aromatic N) is 2. The van der Waals surface area contributed by atoms with Crippen molar-refractivity contribution >= 4 is 5.97 Å². The molecule has 0 aromatic rings. The number of hydrogen-bond acceptors (Lipinski definition) is 3. The Morgan fingerprint density at radius 1 is 1.27 bits per heavy atom. The molecule has 2 aliphatic rings. The molecular weight excluding hydrogens is 192 g/mol. The minimum Gasteiger partial charge on any atom is -0.480 e. The third-order valence-electron chi connectivity index (χ3n) is 3.73. The van der Waals surface area contributed by atoms with E-state index in [-0.39, 0.29) is 12.1 Å². The summed E-state index contributed by atoms with van der Waals surface area (Å²) < 4.78 is 0. The Morgan fingerprint density at radius 2 is 1.93 bits per heavy atom. The lowest BCUT2D eigenvalue weighted by atomic mass is 10.0. The van der Waals surface area contributed by atoms with Crippen molar-refractivity contribution in [2.45, 2.75) is 37.8 Å². The van der Waals surface area contributed by atoms with Gasteiger partial charge in [0.05, 0.1) is 0 Å². The second-order valence-electron chi connectivity index (χ2n) is 4.72. The van der Waals surface area contributed by atoms with E-state index in [0.717, 1.165) is 45.3 Å². The second kappa shape index (κ2) is 4.49. The number of hydrogen-bond donors (Lipinski definition) is 1. The van der Waals surface area contributed by atoms with Crippen LogP contribution < -0.4 is 0 Å². The van der Waals surface area contributed by atoms with Crippen LogP contribution in [0.15, 0.2) is 0 Å². The highest BCUT2D eigenvalue weighted by atomic mass is 16.4. The molecule has 2 rings (SSSR count). The molecule has 2 aliphatic heterocycles. The molecule has 2 fully saturated rings. The van der Waals surface area contributed by atoms with Crippen molar-refractivity contribution in [3.8, 4) is 0 Å². The normalized spacial score (nSPS) is 30.9. The molecule has 0 amide bonds. The van der Waals surface area contributed by atoms with Gasteiger partial charge < -0.3 is 10.0 Å². The van der Waals surface area contributed by atoms with Gasteiger partial charge in [-0.3, -0.25) is 9.69 Å². The Bertz CT molecular complexity index is 239. The van der Waals surface area contributed by atoms with Crippen LogP contribution in [0.4, 0.5) is 0 Å². The van der Waals surface area contributed by atoms with E-state index in [9.17, 15) is 9.90 Å². The van der Waals surface area contributed by atoms with E-state index in [4.69, 9.17) is 0 Å². The lowest BCUT2D eigenvalue weighted by Crippen LogP contribution is -2.51. The summed E-state index contributed by atoms with van der Waals surface area (Å²) in [6, 6.07) is -0.0550. The molecule has 2 atom stereocenters. The highest BCUT2D eigenvalue weighted by Gasteiger charge is 2.38. The van der Waals surface area contributed by atoms with Crippen LogP contribution in [-0.2, 0) is 4.79 Å². The summed E-state index contributed by atoms with van der Waals surface area (Å²) in [5, 5.41) is 9.34. The molecule has 1 N–H and O–H groups in total. The number of carbonyl (C=O) groups is 1. The molecule has 0 saturated carbocycles. The molecule has 2 heterocycles. The van der Waals surface area contributed by atoms with E-state index in [1.54, 1.807) is 0 Å². The van der Waals surface area contributed by atoms with Crippen molar-refractivity contribution in [1.29, 1.82) is 0 Å². The zero-order chi connectivity index (χ0) is 10.8. The Balaban J connectivity index is 2.07. The van der Waals surface area contributed by atoms with Crippen molar-refractivity contribution < 1.29 is 9.90 Å². The van der Waals surface area contributed by atoms with Crippen molar-refractivity contribution in [1.82, 2.24) is 9.80 Å². The number of carboxylic acids is 1. The van der Waals surface area contributed by atoms with Crippen LogP contribution in [-0.4, -0.2) is 59.6 Å². The van der Waals surface area contributed by atoms with Gasteiger partial charge in [0.25, 0.3) is 0 Å². The SMILES string of the molecule is CN1CCCC1C(C(=O)O)N1CCCC1. The molecule has 2 unspecified atom stereocenters. The lowest BCUT2D eigenvalue weighted by molar-refractivity contribution is -0.145. The predicted molar refractivity (Wildman–Crippen MR) is 57.9 cm³/mol. The first-order valence-corrected chi connectivity index (χ1v) is 5.87. The maximum absolute atomic E-state index is 11.4. The summed E-state index contributed by atoms with van der Waals surface area (Å²) >= 11 is 0. The summed E-state index contributed by atoms with van der Waals surface area (Å²) in [7, 11) is 2.05. The second-order valence-corrected chi connectivity index (χ2v) is 4.72. The molecule has 4 heteroatoms. The third-order valence-corrected chi connectivity index (χ3v) is 3.73. The highest BCUT2D eigenvalue weighted by molar-refractivity contribution is 5.74. The smallest absolute Gasteiger partial charge is 0.322 e. The van der Waals surface area contributed by atoms with Gasteiger partial charge >= 0.3 is 5.97 Å². The van der Waals surface area contributed by atoms with Crippen molar-refractivity contribution in [3.05, 3.63) is 0 Å². The van der Waals surface area contributed by atoms with E-state index >= 15 is 0 Å². The summed E-state index contributed by atoms with van der Waals surface area (Å²) in [5.41, 5.74) is 0.